The van der Waals surface area contributed by atoms with Crippen LogP contribution in [0, 0.1) is 0 Å². The summed E-state index contributed by atoms with van der Waals surface area (Å²) in [6.07, 6.45) is 4.80. The van der Waals surface area contributed by atoms with Crippen molar-refractivity contribution >= 4 is 5.91 Å². The zero-order valence-electron chi connectivity index (χ0n) is 7.92. The third-order valence-corrected chi connectivity index (χ3v) is 2.61. The highest BCUT2D eigenvalue weighted by molar-refractivity contribution is 5.81. The Balaban J connectivity index is 2.45. The molecule has 0 aromatic heterocycles. The molecule has 0 bridgehead atoms. The number of carbonyl (C=O) groups is 1. The molecule has 0 heterocycles. The molecular weight excluding hydrogens is 152 g/mol. The number of rotatable bonds is 2. The number of carbonyl (C=O) groups excluding carboxylic acids is 1. The van der Waals surface area contributed by atoms with Gasteiger partial charge in [-0.3, -0.25) is 4.79 Å². The largest absolute Gasteiger partial charge is 0.341 e. The van der Waals surface area contributed by atoms with Crippen molar-refractivity contribution in [3.8, 4) is 0 Å². The quantitative estimate of drug-likeness (QED) is 0.664. The lowest BCUT2D eigenvalue weighted by molar-refractivity contribution is -0.132. The molecule has 1 atom stereocenters. The third kappa shape index (κ3) is 1.97. The van der Waals surface area contributed by atoms with E-state index in [0.717, 1.165) is 12.8 Å². The van der Waals surface area contributed by atoms with Gasteiger partial charge in [-0.2, -0.15) is 0 Å². The van der Waals surface area contributed by atoms with E-state index >= 15 is 0 Å². The van der Waals surface area contributed by atoms with Gasteiger partial charge in [0.2, 0.25) is 5.91 Å². The normalized spacial score (nSPS) is 20.9. The van der Waals surface area contributed by atoms with Crippen LogP contribution in [0.3, 0.4) is 0 Å². The standard InChI is InChI=1S/C9H18N2O/c1-7(10)9(12)11(2)8-5-3-4-6-8/h7-8H,3-6,10H2,1-2H3/t7-/m1/s1. The van der Waals surface area contributed by atoms with Gasteiger partial charge in [0.05, 0.1) is 6.04 Å². The molecule has 70 valence electrons. The summed E-state index contributed by atoms with van der Waals surface area (Å²) in [4.78, 5) is 13.2. The Kier molecular flexibility index (Phi) is 3.09. The first-order chi connectivity index (χ1) is 5.63. The second-order valence-electron chi connectivity index (χ2n) is 3.68. The molecule has 2 N–H and O–H groups in total. The lowest BCUT2D eigenvalue weighted by Gasteiger charge is -2.25. The van der Waals surface area contributed by atoms with Crippen LogP contribution in [0.5, 0.6) is 0 Å². The molecule has 1 saturated carbocycles. The van der Waals surface area contributed by atoms with Gasteiger partial charge in [0, 0.05) is 13.1 Å². The molecule has 12 heavy (non-hydrogen) atoms. The highest BCUT2D eigenvalue weighted by Crippen LogP contribution is 2.22. The monoisotopic (exact) mass is 170 g/mol. The van der Waals surface area contributed by atoms with Crippen LogP contribution in [0.1, 0.15) is 32.6 Å². The van der Waals surface area contributed by atoms with Crippen LogP contribution in [0.2, 0.25) is 0 Å². The van der Waals surface area contributed by atoms with Crippen molar-refractivity contribution in [2.45, 2.75) is 44.7 Å². The second kappa shape index (κ2) is 3.90. The molecule has 0 unspecified atom stereocenters. The molecule has 3 nitrogen and oxygen atoms in total. The Labute approximate surface area is 73.9 Å². The molecule has 0 aromatic carbocycles. The van der Waals surface area contributed by atoms with E-state index in [0.29, 0.717) is 6.04 Å². The second-order valence-corrected chi connectivity index (χ2v) is 3.68. The first-order valence-electron chi connectivity index (χ1n) is 4.65. The van der Waals surface area contributed by atoms with Crippen molar-refractivity contribution in [1.82, 2.24) is 4.90 Å². The summed E-state index contributed by atoms with van der Waals surface area (Å²) in [5.74, 6) is 0.0712. The molecule has 1 aliphatic carbocycles. The van der Waals surface area contributed by atoms with E-state index in [1.807, 2.05) is 11.9 Å². The van der Waals surface area contributed by atoms with E-state index in [9.17, 15) is 4.79 Å². The van der Waals surface area contributed by atoms with Gasteiger partial charge in [-0.25, -0.2) is 0 Å². The van der Waals surface area contributed by atoms with E-state index in [2.05, 4.69) is 0 Å². The summed E-state index contributed by atoms with van der Waals surface area (Å²) in [5.41, 5.74) is 5.51. The smallest absolute Gasteiger partial charge is 0.239 e. The first kappa shape index (κ1) is 9.52. The van der Waals surface area contributed by atoms with E-state index in [1.165, 1.54) is 12.8 Å². The highest BCUT2D eigenvalue weighted by Gasteiger charge is 2.24. The van der Waals surface area contributed by atoms with Crippen LogP contribution in [0.4, 0.5) is 0 Å². The van der Waals surface area contributed by atoms with E-state index < -0.39 is 0 Å². The number of hydrogen-bond acceptors (Lipinski definition) is 2. The minimum Gasteiger partial charge on any atom is -0.341 e. The zero-order valence-corrected chi connectivity index (χ0v) is 7.92. The summed E-state index contributed by atoms with van der Waals surface area (Å²) in [5, 5.41) is 0. The van der Waals surface area contributed by atoms with Crippen molar-refractivity contribution in [2.24, 2.45) is 5.73 Å². The molecule has 0 spiro atoms. The fourth-order valence-corrected chi connectivity index (χ4v) is 1.79. The molecule has 0 saturated heterocycles. The summed E-state index contributed by atoms with van der Waals surface area (Å²) < 4.78 is 0. The Hall–Kier alpha value is -0.570. The molecule has 3 heteroatoms. The van der Waals surface area contributed by atoms with Gasteiger partial charge < -0.3 is 10.6 Å². The number of hydrogen-bond donors (Lipinski definition) is 1. The summed E-state index contributed by atoms with van der Waals surface area (Å²) >= 11 is 0. The van der Waals surface area contributed by atoms with E-state index in [4.69, 9.17) is 5.73 Å². The van der Waals surface area contributed by atoms with Crippen LogP contribution in [-0.2, 0) is 4.79 Å². The fraction of sp³-hybridized carbons (Fsp3) is 0.889. The maximum atomic E-state index is 11.4. The van der Waals surface area contributed by atoms with Gasteiger partial charge in [-0.05, 0) is 19.8 Å². The molecule has 1 rings (SSSR count). The first-order valence-corrected chi connectivity index (χ1v) is 4.65. The fourth-order valence-electron chi connectivity index (χ4n) is 1.79. The van der Waals surface area contributed by atoms with Crippen LogP contribution >= 0.6 is 0 Å². The minimum absolute atomic E-state index is 0.0712. The average molecular weight is 170 g/mol. The maximum Gasteiger partial charge on any atom is 0.239 e. The van der Waals surface area contributed by atoms with Crippen LogP contribution < -0.4 is 5.73 Å². The van der Waals surface area contributed by atoms with Gasteiger partial charge in [-0.15, -0.1) is 0 Å². The van der Waals surface area contributed by atoms with Gasteiger partial charge in [-0.1, -0.05) is 12.8 Å². The van der Waals surface area contributed by atoms with Crippen molar-refractivity contribution in [3.63, 3.8) is 0 Å². The zero-order chi connectivity index (χ0) is 9.14. The van der Waals surface area contributed by atoms with Crippen molar-refractivity contribution in [1.29, 1.82) is 0 Å². The average Bonchev–Trinajstić information content (AvgIpc) is 2.53. The predicted molar refractivity (Wildman–Crippen MR) is 48.7 cm³/mol. The highest BCUT2D eigenvalue weighted by atomic mass is 16.2. The maximum absolute atomic E-state index is 11.4. The van der Waals surface area contributed by atoms with Crippen LogP contribution in [0.25, 0.3) is 0 Å². The topological polar surface area (TPSA) is 46.3 Å². The lowest BCUT2D eigenvalue weighted by atomic mass is 10.2. The SMILES string of the molecule is C[C@@H](N)C(=O)N(C)C1CCCC1. The van der Waals surface area contributed by atoms with Gasteiger partial charge in [0.25, 0.3) is 0 Å². The van der Waals surface area contributed by atoms with Gasteiger partial charge >= 0.3 is 0 Å². The third-order valence-electron chi connectivity index (χ3n) is 2.61. The molecule has 0 aliphatic heterocycles. The number of amides is 1. The Morgan fingerprint density at radius 3 is 2.42 bits per heavy atom. The lowest BCUT2D eigenvalue weighted by Crippen LogP contribution is -2.44. The van der Waals surface area contributed by atoms with Crippen LogP contribution in [0.15, 0.2) is 0 Å². The van der Waals surface area contributed by atoms with Gasteiger partial charge in [0.1, 0.15) is 0 Å². The Morgan fingerprint density at radius 1 is 1.50 bits per heavy atom. The number of nitrogens with two attached hydrogens (primary N) is 1. The van der Waals surface area contributed by atoms with Crippen molar-refractivity contribution in [2.75, 3.05) is 7.05 Å². The molecule has 1 amide bonds. The number of nitrogens with zero attached hydrogens (tertiary/aromatic N) is 1. The molecule has 1 fully saturated rings. The van der Waals surface area contributed by atoms with Gasteiger partial charge in [0.15, 0.2) is 0 Å². The molecule has 1 aliphatic rings. The summed E-state index contributed by atoms with van der Waals surface area (Å²) in [6.45, 7) is 1.74. The molecular formula is C9H18N2O. The van der Waals surface area contributed by atoms with E-state index in [-0.39, 0.29) is 11.9 Å². The van der Waals surface area contributed by atoms with Crippen LogP contribution in [-0.4, -0.2) is 29.9 Å². The van der Waals surface area contributed by atoms with Crippen molar-refractivity contribution < 1.29 is 4.79 Å². The summed E-state index contributed by atoms with van der Waals surface area (Å²) in [6, 6.07) is 0.0964. The Morgan fingerprint density at radius 2 is 2.00 bits per heavy atom. The van der Waals surface area contributed by atoms with Crippen molar-refractivity contribution in [3.05, 3.63) is 0 Å². The molecule has 0 aromatic rings. The summed E-state index contributed by atoms with van der Waals surface area (Å²) in [7, 11) is 1.86. The minimum atomic E-state index is -0.351. The predicted octanol–water partition coefficient (Wildman–Crippen LogP) is 0.735. The molecule has 0 radical (unpaired) electrons. The number of likely N-dealkylation sites (N-methyl/N-ethyl adjacent to an activating group) is 1. The van der Waals surface area contributed by atoms with E-state index in [1.54, 1.807) is 6.92 Å². The Bertz CT molecular complexity index is 162.